The number of rotatable bonds is 2. The second-order valence-electron chi connectivity index (χ2n) is 3.36. The molecule has 0 radical (unpaired) electrons. The average molecular weight is 283 g/mol. The Hall–Kier alpha value is -1.33. The molecule has 1 unspecified atom stereocenters. The molecule has 1 aromatic rings. The van der Waals surface area contributed by atoms with Crippen LogP contribution in [0.5, 0.6) is 0 Å². The summed E-state index contributed by atoms with van der Waals surface area (Å²) in [5, 5.41) is 2.58. The monoisotopic (exact) mass is 282 g/mol. The Balaban J connectivity index is 2.16. The molecule has 0 saturated heterocycles. The van der Waals surface area contributed by atoms with Crippen molar-refractivity contribution in [1.29, 1.82) is 0 Å². The normalized spacial score (nSPS) is 18.9. The van der Waals surface area contributed by atoms with Gasteiger partial charge in [-0.2, -0.15) is 0 Å². The number of halogens is 1. The number of hydroxylamine groups is 1. The largest absolute Gasteiger partial charge is 0.355 e. The van der Waals surface area contributed by atoms with Crippen LogP contribution >= 0.6 is 15.9 Å². The molecule has 1 amide bonds. The van der Waals surface area contributed by atoms with Gasteiger partial charge in [-0.15, -0.1) is 0 Å². The molecule has 0 bridgehead atoms. The van der Waals surface area contributed by atoms with Gasteiger partial charge < -0.3 is 5.32 Å². The zero-order valence-corrected chi connectivity index (χ0v) is 10.2. The molecule has 1 aliphatic heterocycles. The summed E-state index contributed by atoms with van der Waals surface area (Å²) in [7, 11) is 1.61. The quantitative estimate of drug-likeness (QED) is 0.814. The molecule has 2 rings (SSSR count). The van der Waals surface area contributed by atoms with E-state index in [0.29, 0.717) is 5.56 Å². The van der Waals surface area contributed by atoms with Gasteiger partial charge in [-0.25, -0.2) is 0 Å². The Morgan fingerprint density at radius 3 is 2.62 bits per heavy atom. The van der Waals surface area contributed by atoms with Gasteiger partial charge in [-0.05, 0) is 39.7 Å². The lowest BCUT2D eigenvalue weighted by atomic mass is 10.1. The molecule has 1 aliphatic rings. The first-order chi connectivity index (χ1) is 7.70. The maximum Gasteiger partial charge on any atom is 0.251 e. The molecular formula is C11H11BrN2O2. The van der Waals surface area contributed by atoms with Crippen LogP contribution in [-0.4, -0.2) is 13.0 Å². The molecule has 1 atom stereocenters. The van der Waals surface area contributed by atoms with E-state index in [1.165, 1.54) is 0 Å². The molecule has 5 heteroatoms. The van der Waals surface area contributed by atoms with Crippen molar-refractivity contribution in [2.75, 3.05) is 7.05 Å². The highest BCUT2D eigenvalue weighted by atomic mass is 79.9. The van der Waals surface area contributed by atoms with Gasteiger partial charge >= 0.3 is 0 Å². The number of nitrogens with one attached hydrogen (secondary N) is 2. The third kappa shape index (κ3) is 2.25. The van der Waals surface area contributed by atoms with Crippen molar-refractivity contribution >= 4 is 21.8 Å². The molecule has 2 N–H and O–H groups in total. The number of benzene rings is 1. The van der Waals surface area contributed by atoms with Crippen LogP contribution in [0, 0.1) is 0 Å². The number of carbonyl (C=O) groups is 1. The van der Waals surface area contributed by atoms with E-state index in [1.54, 1.807) is 19.2 Å². The summed E-state index contributed by atoms with van der Waals surface area (Å²) in [6, 6.07) is 7.30. The van der Waals surface area contributed by atoms with Gasteiger partial charge in [-0.1, -0.05) is 12.1 Å². The van der Waals surface area contributed by atoms with Gasteiger partial charge in [-0.3, -0.25) is 15.1 Å². The van der Waals surface area contributed by atoms with Crippen molar-refractivity contribution in [2.24, 2.45) is 0 Å². The van der Waals surface area contributed by atoms with Crippen LogP contribution in [0.3, 0.4) is 0 Å². The fourth-order valence-corrected chi connectivity index (χ4v) is 1.79. The van der Waals surface area contributed by atoms with E-state index in [0.717, 1.165) is 10.2 Å². The molecule has 1 aromatic carbocycles. The van der Waals surface area contributed by atoms with Crippen molar-refractivity contribution in [3.8, 4) is 0 Å². The molecule has 0 aliphatic carbocycles. The molecule has 4 nitrogen and oxygen atoms in total. The van der Waals surface area contributed by atoms with E-state index in [4.69, 9.17) is 4.84 Å². The average Bonchev–Trinajstić information content (AvgIpc) is 2.75. The molecule has 1 heterocycles. The molecule has 0 spiro atoms. The predicted molar refractivity (Wildman–Crippen MR) is 63.8 cm³/mol. The summed E-state index contributed by atoms with van der Waals surface area (Å²) in [5.74, 6) is -0.0891. The first kappa shape index (κ1) is 11.2. The Labute approximate surface area is 102 Å². The van der Waals surface area contributed by atoms with E-state index in [2.05, 4.69) is 26.7 Å². The van der Waals surface area contributed by atoms with E-state index in [9.17, 15) is 4.79 Å². The zero-order chi connectivity index (χ0) is 11.5. The fourth-order valence-electron chi connectivity index (χ4n) is 1.45. The first-order valence-corrected chi connectivity index (χ1v) is 5.61. The molecule has 16 heavy (non-hydrogen) atoms. The standard InChI is InChI=1S/C11H11BrN2O2/c1-13-11(15)8-4-2-7(3-5-8)9-6-10(12)14-16-9/h2-6,9,14H,1H3,(H,13,15). The van der Waals surface area contributed by atoms with Gasteiger partial charge in [0.2, 0.25) is 0 Å². The van der Waals surface area contributed by atoms with Gasteiger partial charge in [0.15, 0.2) is 0 Å². The van der Waals surface area contributed by atoms with Crippen LogP contribution in [0.1, 0.15) is 22.0 Å². The maximum atomic E-state index is 11.3. The maximum absolute atomic E-state index is 11.3. The lowest BCUT2D eigenvalue weighted by Crippen LogP contribution is -2.17. The molecular weight excluding hydrogens is 272 g/mol. The molecule has 0 fully saturated rings. The van der Waals surface area contributed by atoms with Crippen molar-refractivity contribution in [3.63, 3.8) is 0 Å². The number of carbonyl (C=O) groups excluding carboxylic acids is 1. The van der Waals surface area contributed by atoms with Crippen molar-refractivity contribution < 1.29 is 9.63 Å². The Morgan fingerprint density at radius 2 is 2.12 bits per heavy atom. The van der Waals surface area contributed by atoms with Crippen LogP contribution in [0.2, 0.25) is 0 Å². The molecule has 0 aromatic heterocycles. The predicted octanol–water partition coefficient (Wildman–Crippen LogP) is 1.86. The third-order valence-corrected chi connectivity index (χ3v) is 2.74. The highest BCUT2D eigenvalue weighted by Crippen LogP contribution is 2.26. The van der Waals surface area contributed by atoms with Crippen molar-refractivity contribution in [2.45, 2.75) is 6.10 Å². The summed E-state index contributed by atoms with van der Waals surface area (Å²) >= 11 is 3.29. The zero-order valence-electron chi connectivity index (χ0n) is 8.66. The minimum absolute atomic E-state index is 0.0891. The van der Waals surface area contributed by atoms with Crippen LogP contribution in [0.15, 0.2) is 34.9 Å². The smallest absolute Gasteiger partial charge is 0.251 e. The van der Waals surface area contributed by atoms with Gasteiger partial charge in [0.1, 0.15) is 10.7 Å². The number of amides is 1. The Morgan fingerprint density at radius 1 is 1.44 bits per heavy atom. The summed E-state index contributed by atoms with van der Waals surface area (Å²) in [6.07, 6.45) is 1.79. The van der Waals surface area contributed by atoms with E-state index < -0.39 is 0 Å². The Kier molecular flexibility index (Phi) is 3.26. The van der Waals surface area contributed by atoms with Gasteiger partial charge in [0.25, 0.3) is 5.91 Å². The van der Waals surface area contributed by atoms with E-state index in [-0.39, 0.29) is 12.0 Å². The van der Waals surface area contributed by atoms with E-state index in [1.807, 2.05) is 18.2 Å². The second-order valence-corrected chi connectivity index (χ2v) is 4.21. The van der Waals surface area contributed by atoms with Crippen LogP contribution in [-0.2, 0) is 4.84 Å². The van der Waals surface area contributed by atoms with E-state index >= 15 is 0 Å². The summed E-state index contributed by atoms with van der Waals surface area (Å²) in [4.78, 5) is 16.6. The third-order valence-electron chi connectivity index (χ3n) is 2.31. The Bertz CT molecular complexity index is 428. The van der Waals surface area contributed by atoms with Crippen molar-refractivity contribution in [3.05, 3.63) is 46.1 Å². The highest BCUT2D eigenvalue weighted by Gasteiger charge is 2.16. The first-order valence-electron chi connectivity index (χ1n) is 4.81. The lowest BCUT2D eigenvalue weighted by molar-refractivity contribution is 0.0458. The van der Waals surface area contributed by atoms with Crippen molar-refractivity contribution in [1.82, 2.24) is 10.8 Å². The topological polar surface area (TPSA) is 50.4 Å². The van der Waals surface area contributed by atoms with Gasteiger partial charge in [0, 0.05) is 12.6 Å². The number of hydrogen-bond acceptors (Lipinski definition) is 3. The van der Waals surface area contributed by atoms with Gasteiger partial charge in [0.05, 0.1) is 0 Å². The van der Waals surface area contributed by atoms with Crippen LogP contribution < -0.4 is 10.8 Å². The molecule has 0 saturated carbocycles. The second kappa shape index (κ2) is 4.67. The summed E-state index contributed by atoms with van der Waals surface area (Å²) in [6.45, 7) is 0. The van der Waals surface area contributed by atoms with Crippen LogP contribution in [0.25, 0.3) is 0 Å². The summed E-state index contributed by atoms with van der Waals surface area (Å²) < 4.78 is 0.813. The molecule has 84 valence electrons. The summed E-state index contributed by atoms with van der Waals surface area (Å²) in [5.41, 5.74) is 4.35. The highest BCUT2D eigenvalue weighted by molar-refractivity contribution is 9.11. The lowest BCUT2D eigenvalue weighted by Gasteiger charge is -2.08. The SMILES string of the molecule is CNC(=O)c1ccc(C2C=C(Br)NO2)cc1. The van der Waals surface area contributed by atoms with Crippen LogP contribution in [0.4, 0.5) is 0 Å². The minimum atomic E-state index is -0.117. The minimum Gasteiger partial charge on any atom is -0.355 e. The fraction of sp³-hybridized carbons (Fsp3) is 0.182. The number of hydrogen-bond donors (Lipinski definition) is 2.